The molecule has 1 aliphatic carbocycles. The summed E-state index contributed by atoms with van der Waals surface area (Å²) in [4.78, 5) is 0. The van der Waals surface area contributed by atoms with E-state index in [-0.39, 0.29) is 0 Å². The number of nitrogens with zero attached hydrogens (tertiary/aromatic N) is 2. The zero-order valence-corrected chi connectivity index (χ0v) is 13.5. The number of aryl methyl sites for hydroxylation is 3. The number of aromatic nitrogens is 2. The molecule has 0 saturated carbocycles. The Morgan fingerprint density at radius 1 is 1.14 bits per heavy atom. The minimum Gasteiger partial charge on any atom is -0.313 e. The first-order valence-corrected chi connectivity index (χ1v) is 7.94. The molecule has 3 nitrogen and oxygen atoms in total. The van der Waals surface area contributed by atoms with Crippen LogP contribution in [0.3, 0.4) is 0 Å². The van der Waals surface area contributed by atoms with E-state index in [1.165, 1.54) is 52.9 Å². The third kappa shape index (κ3) is 2.51. The molecule has 1 atom stereocenters. The van der Waals surface area contributed by atoms with Gasteiger partial charge in [-0.3, -0.25) is 0 Å². The molecule has 1 aromatic heterocycles. The summed E-state index contributed by atoms with van der Waals surface area (Å²) in [5.41, 5.74) is 7.97. The average molecular weight is 283 g/mol. The van der Waals surface area contributed by atoms with Crippen LogP contribution in [-0.4, -0.2) is 16.8 Å². The molecule has 1 heterocycles. The maximum atomic E-state index is 4.74. The summed E-state index contributed by atoms with van der Waals surface area (Å²) in [6.45, 7) is 6.54. The fraction of sp³-hybridized carbons (Fsp3) is 0.500. The third-order valence-corrected chi connectivity index (χ3v) is 4.63. The Bertz CT molecular complexity index is 631. The molecular formula is C18H25N3. The van der Waals surface area contributed by atoms with E-state index < -0.39 is 0 Å². The summed E-state index contributed by atoms with van der Waals surface area (Å²) in [6, 6.07) is 4.95. The largest absolute Gasteiger partial charge is 0.313 e. The van der Waals surface area contributed by atoms with Crippen LogP contribution < -0.4 is 5.32 Å². The van der Waals surface area contributed by atoms with Gasteiger partial charge in [-0.05, 0) is 58.2 Å². The van der Waals surface area contributed by atoms with E-state index in [1.54, 1.807) is 0 Å². The lowest BCUT2D eigenvalue weighted by molar-refractivity contribution is 0.533. The zero-order chi connectivity index (χ0) is 15.0. The van der Waals surface area contributed by atoms with Gasteiger partial charge in [-0.15, -0.1) is 0 Å². The first-order valence-electron chi connectivity index (χ1n) is 7.94. The number of nitrogens with one attached hydrogen (secondary N) is 1. The molecule has 21 heavy (non-hydrogen) atoms. The molecular weight excluding hydrogens is 258 g/mol. The second-order valence-corrected chi connectivity index (χ2v) is 6.29. The molecule has 3 heteroatoms. The quantitative estimate of drug-likeness (QED) is 0.850. The number of benzene rings is 1. The Morgan fingerprint density at radius 3 is 2.52 bits per heavy atom. The van der Waals surface area contributed by atoms with E-state index in [0.717, 1.165) is 6.42 Å². The Labute approximate surface area is 127 Å². The van der Waals surface area contributed by atoms with Crippen molar-refractivity contribution >= 4 is 0 Å². The van der Waals surface area contributed by atoms with Crippen molar-refractivity contribution in [1.29, 1.82) is 0 Å². The minimum atomic E-state index is 0.447. The smallest absolute Gasteiger partial charge is 0.0707 e. The molecule has 1 aliphatic rings. The van der Waals surface area contributed by atoms with Gasteiger partial charge in [-0.25, -0.2) is 4.68 Å². The molecule has 3 rings (SSSR count). The number of rotatable bonds is 2. The van der Waals surface area contributed by atoms with E-state index in [9.17, 15) is 0 Å². The Balaban J connectivity index is 2.15. The van der Waals surface area contributed by atoms with E-state index >= 15 is 0 Å². The average Bonchev–Trinajstić information content (AvgIpc) is 2.71. The summed E-state index contributed by atoms with van der Waals surface area (Å²) in [7, 11) is 2.06. The minimum absolute atomic E-state index is 0.447. The summed E-state index contributed by atoms with van der Waals surface area (Å²) in [6.07, 6.45) is 6.94. The molecule has 1 N–H and O–H groups in total. The van der Waals surface area contributed by atoms with Crippen molar-refractivity contribution in [3.63, 3.8) is 0 Å². The van der Waals surface area contributed by atoms with E-state index in [0.29, 0.717) is 6.04 Å². The molecule has 0 fully saturated rings. The van der Waals surface area contributed by atoms with Crippen molar-refractivity contribution < 1.29 is 0 Å². The second kappa shape index (κ2) is 5.64. The van der Waals surface area contributed by atoms with Gasteiger partial charge in [0, 0.05) is 17.3 Å². The lowest BCUT2D eigenvalue weighted by Gasteiger charge is -2.16. The van der Waals surface area contributed by atoms with Gasteiger partial charge >= 0.3 is 0 Å². The maximum absolute atomic E-state index is 4.74. The highest BCUT2D eigenvalue weighted by molar-refractivity contribution is 5.50. The van der Waals surface area contributed by atoms with Gasteiger partial charge in [0.05, 0.1) is 11.9 Å². The van der Waals surface area contributed by atoms with Crippen LogP contribution in [0.25, 0.3) is 5.69 Å². The van der Waals surface area contributed by atoms with Crippen molar-refractivity contribution in [2.24, 2.45) is 0 Å². The van der Waals surface area contributed by atoms with Crippen LogP contribution in [0.5, 0.6) is 0 Å². The van der Waals surface area contributed by atoms with Crippen molar-refractivity contribution in [3.8, 4) is 5.69 Å². The van der Waals surface area contributed by atoms with Crippen LogP contribution in [0, 0.1) is 20.8 Å². The third-order valence-electron chi connectivity index (χ3n) is 4.63. The van der Waals surface area contributed by atoms with Crippen molar-refractivity contribution in [2.75, 3.05) is 7.05 Å². The molecule has 2 aromatic rings. The van der Waals surface area contributed by atoms with Gasteiger partial charge in [0.15, 0.2) is 0 Å². The van der Waals surface area contributed by atoms with E-state index in [4.69, 9.17) is 5.10 Å². The first kappa shape index (κ1) is 14.3. The zero-order valence-electron chi connectivity index (χ0n) is 13.5. The summed E-state index contributed by atoms with van der Waals surface area (Å²) in [5.74, 6) is 0. The van der Waals surface area contributed by atoms with E-state index in [1.807, 2.05) is 0 Å². The number of hydrogen-bond donors (Lipinski definition) is 1. The van der Waals surface area contributed by atoms with Crippen LogP contribution in [0.15, 0.2) is 18.3 Å². The van der Waals surface area contributed by atoms with Gasteiger partial charge < -0.3 is 5.32 Å². The number of fused-ring (bicyclic) bond motifs is 1. The highest BCUT2D eigenvalue weighted by atomic mass is 15.3. The van der Waals surface area contributed by atoms with Crippen molar-refractivity contribution in [3.05, 3.63) is 46.3 Å². The fourth-order valence-electron chi connectivity index (χ4n) is 3.72. The highest BCUT2D eigenvalue weighted by Crippen LogP contribution is 2.31. The van der Waals surface area contributed by atoms with Gasteiger partial charge in [-0.1, -0.05) is 24.1 Å². The van der Waals surface area contributed by atoms with Crippen LogP contribution in [0.4, 0.5) is 0 Å². The maximum Gasteiger partial charge on any atom is 0.0707 e. The van der Waals surface area contributed by atoms with E-state index in [2.05, 4.69) is 56.1 Å². The molecule has 0 saturated heterocycles. The molecule has 0 aliphatic heterocycles. The molecule has 0 bridgehead atoms. The Morgan fingerprint density at radius 2 is 1.86 bits per heavy atom. The first-order chi connectivity index (χ1) is 10.1. The second-order valence-electron chi connectivity index (χ2n) is 6.29. The summed E-state index contributed by atoms with van der Waals surface area (Å²) in [5, 5.41) is 8.19. The fourth-order valence-corrected chi connectivity index (χ4v) is 3.72. The van der Waals surface area contributed by atoms with Gasteiger partial charge in [0.1, 0.15) is 0 Å². The molecule has 112 valence electrons. The van der Waals surface area contributed by atoms with Crippen LogP contribution >= 0.6 is 0 Å². The Kier molecular flexibility index (Phi) is 3.85. The Hall–Kier alpha value is -1.61. The standard InChI is InChI=1S/C18H25N3/c1-12-9-13(2)18(14(3)10-12)21-17-8-6-5-7-16(19-4)15(17)11-20-21/h9-11,16,19H,5-8H2,1-4H3. The topological polar surface area (TPSA) is 29.9 Å². The lowest BCUT2D eigenvalue weighted by atomic mass is 10.0. The summed E-state index contributed by atoms with van der Waals surface area (Å²) < 4.78 is 2.19. The van der Waals surface area contributed by atoms with Crippen molar-refractivity contribution in [1.82, 2.24) is 15.1 Å². The molecule has 0 radical (unpaired) electrons. The van der Waals surface area contributed by atoms with Gasteiger partial charge in [0.25, 0.3) is 0 Å². The lowest BCUT2D eigenvalue weighted by Crippen LogP contribution is -2.16. The van der Waals surface area contributed by atoms with Crippen LogP contribution in [0.2, 0.25) is 0 Å². The predicted octanol–water partition coefficient (Wildman–Crippen LogP) is 3.78. The number of hydrogen-bond acceptors (Lipinski definition) is 2. The molecule has 1 unspecified atom stereocenters. The van der Waals surface area contributed by atoms with Gasteiger partial charge in [-0.2, -0.15) is 5.10 Å². The normalized spacial score (nSPS) is 18.4. The summed E-state index contributed by atoms with van der Waals surface area (Å²) >= 11 is 0. The highest BCUT2D eigenvalue weighted by Gasteiger charge is 2.23. The van der Waals surface area contributed by atoms with Gasteiger partial charge in [0.2, 0.25) is 0 Å². The molecule has 0 amide bonds. The predicted molar refractivity (Wildman–Crippen MR) is 87.1 cm³/mol. The SMILES string of the molecule is CNC1CCCCc2c1cnn2-c1c(C)cc(C)cc1C. The van der Waals surface area contributed by atoms with Crippen LogP contribution in [0.1, 0.15) is 53.3 Å². The molecule has 1 aromatic carbocycles. The molecule has 0 spiro atoms. The monoisotopic (exact) mass is 283 g/mol. The van der Waals surface area contributed by atoms with Crippen molar-refractivity contribution in [2.45, 2.75) is 52.5 Å². The van der Waals surface area contributed by atoms with Crippen LogP contribution in [-0.2, 0) is 6.42 Å².